The Morgan fingerprint density at radius 2 is 1.71 bits per heavy atom. The number of methoxy groups -OCH3 is 1. The van der Waals surface area contributed by atoms with Crippen molar-refractivity contribution in [1.82, 2.24) is 0 Å². The van der Waals surface area contributed by atoms with Crippen LogP contribution in [0.25, 0.3) is 0 Å². The second-order valence-corrected chi connectivity index (χ2v) is 9.70. The molecular formula is C29H28N2O3. The minimum Gasteiger partial charge on any atom is -0.497 e. The summed E-state index contributed by atoms with van der Waals surface area (Å²) >= 11 is 0. The van der Waals surface area contributed by atoms with Gasteiger partial charge in [-0.2, -0.15) is 0 Å². The van der Waals surface area contributed by atoms with Gasteiger partial charge in [-0.25, -0.2) is 0 Å². The van der Waals surface area contributed by atoms with Crippen molar-refractivity contribution in [3.63, 3.8) is 0 Å². The summed E-state index contributed by atoms with van der Waals surface area (Å²) in [6.45, 7) is 4.22. The van der Waals surface area contributed by atoms with Crippen molar-refractivity contribution in [2.24, 2.45) is 5.41 Å². The van der Waals surface area contributed by atoms with Gasteiger partial charge in [0.05, 0.1) is 24.5 Å². The third-order valence-corrected chi connectivity index (χ3v) is 6.55. The molecular weight excluding hydrogens is 424 g/mol. The van der Waals surface area contributed by atoms with Gasteiger partial charge in [0.1, 0.15) is 5.75 Å². The number of anilines is 2. The Hall–Kier alpha value is -3.86. The minimum atomic E-state index is -0.586. The number of hydrogen-bond acceptors (Lipinski definition) is 4. The first-order valence-electron chi connectivity index (χ1n) is 11.5. The third kappa shape index (κ3) is 3.87. The molecule has 0 fully saturated rings. The summed E-state index contributed by atoms with van der Waals surface area (Å²) in [5, 5.41) is 3.55. The lowest BCUT2D eigenvalue weighted by molar-refractivity contribution is -0.118. The summed E-state index contributed by atoms with van der Waals surface area (Å²) in [6.07, 6.45) is 1.15. The maximum absolute atomic E-state index is 14.1. The lowest BCUT2D eigenvalue weighted by Crippen LogP contribution is -2.39. The normalized spacial score (nSPS) is 19.0. The Balaban J connectivity index is 1.80. The van der Waals surface area contributed by atoms with Crippen LogP contribution in [0.5, 0.6) is 5.75 Å². The molecule has 0 spiro atoms. The van der Waals surface area contributed by atoms with Gasteiger partial charge >= 0.3 is 0 Å². The standard InChI is InChI=1S/C29H28N2O3/c1-29(2)17-23-26(25(32)18-29)27(20-12-9-13-21(16-20)34-3)31(24-15-8-7-14-22(24)30-23)28(33)19-10-5-4-6-11-19/h4-16,27,30H,17-18H2,1-3H3/t27-/m1/s1. The number of carbonyl (C=O) groups is 2. The number of carbonyl (C=O) groups excluding carboxylic acids is 2. The van der Waals surface area contributed by atoms with E-state index < -0.39 is 6.04 Å². The van der Waals surface area contributed by atoms with E-state index >= 15 is 0 Å². The molecule has 1 amide bonds. The average Bonchev–Trinajstić information content (AvgIpc) is 2.97. The molecule has 1 N–H and O–H groups in total. The first-order chi connectivity index (χ1) is 16.4. The van der Waals surface area contributed by atoms with Gasteiger partial charge in [0.2, 0.25) is 0 Å². The number of ketones is 1. The summed E-state index contributed by atoms with van der Waals surface area (Å²) in [7, 11) is 1.62. The van der Waals surface area contributed by atoms with Crippen molar-refractivity contribution >= 4 is 23.1 Å². The molecule has 0 unspecified atom stereocenters. The fourth-order valence-electron chi connectivity index (χ4n) is 5.06. The minimum absolute atomic E-state index is 0.0604. The Labute approximate surface area is 200 Å². The van der Waals surface area contributed by atoms with E-state index in [-0.39, 0.29) is 17.1 Å². The van der Waals surface area contributed by atoms with Crippen molar-refractivity contribution < 1.29 is 14.3 Å². The zero-order valence-corrected chi connectivity index (χ0v) is 19.7. The fraction of sp³-hybridized carbons (Fsp3) is 0.241. The topological polar surface area (TPSA) is 58.6 Å². The van der Waals surface area contributed by atoms with Crippen LogP contribution in [0.15, 0.2) is 90.1 Å². The van der Waals surface area contributed by atoms with Crippen LogP contribution in [0.3, 0.4) is 0 Å². The summed E-state index contributed by atoms with van der Waals surface area (Å²) in [5.74, 6) is 0.583. The molecule has 5 rings (SSSR count). The van der Waals surface area contributed by atoms with Gasteiger partial charge in [0.25, 0.3) is 5.91 Å². The van der Waals surface area contributed by atoms with Gasteiger partial charge in [-0.05, 0) is 53.8 Å². The van der Waals surface area contributed by atoms with Crippen LogP contribution in [0, 0.1) is 5.41 Å². The van der Waals surface area contributed by atoms with Crippen molar-refractivity contribution in [3.8, 4) is 5.75 Å². The molecule has 34 heavy (non-hydrogen) atoms. The Kier molecular flexibility index (Phi) is 5.48. The smallest absolute Gasteiger partial charge is 0.259 e. The van der Waals surface area contributed by atoms with Crippen LogP contribution in [0.4, 0.5) is 11.4 Å². The van der Waals surface area contributed by atoms with Crippen molar-refractivity contribution in [3.05, 3.63) is 101 Å². The third-order valence-electron chi connectivity index (χ3n) is 6.55. The van der Waals surface area contributed by atoms with Crippen LogP contribution >= 0.6 is 0 Å². The second kappa shape index (κ2) is 8.49. The van der Waals surface area contributed by atoms with E-state index in [2.05, 4.69) is 19.2 Å². The monoisotopic (exact) mass is 452 g/mol. The number of nitrogens with one attached hydrogen (secondary N) is 1. The van der Waals surface area contributed by atoms with E-state index in [0.29, 0.717) is 23.3 Å². The number of fused-ring (bicyclic) bond motifs is 1. The largest absolute Gasteiger partial charge is 0.497 e. The molecule has 1 aliphatic carbocycles. The zero-order chi connectivity index (χ0) is 23.9. The Bertz CT molecular complexity index is 1290. The molecule has 0 bridgehead atoms. The van der Waals surface area contributed by atoms with Crippen LogP contribution < -0.4 is 15.0 Å². The highest BCUT2D eigenvalue weighted by molar-refractivity contribution is 6.12. The van der Waals surface area contributed by atoms with Gasteiger partial charge in [-0.3, -0.25) is 14.5 Å². The quantitative estimate of drug-likeness (QED) is 0.518. The first-order valence-corrected chi connectivity index (χ1v) is 11.5. The molecule has 1 heterocycles. The molecule has 3 aromatic rings. The van der Waals surface area contributed by atoms with E-state index in [1.54, 1.807) is 12.0 Å². The number of allylic oxidation sites excluding steroid dienone is 1. The number of hydrogen-bond donors (Lipinski definition) is 1. The first kappa shape index (κ1) is 22.0. The number of amides is 1. The number of nitrogens with zero attached hydrogens (tertiary/aromatic N) is 1. The van der Waals surface area contributed by atoms with Gasteiger partial charge in [-0.1, -0.05) is 56.3 Å². The molecule has 1 aliphatic heterocycles. The van der Waals surface area contributed by atoms with Gasteiger partial charge in [0, 0.05) is 23.3 Å². The molecule has 0 aromatic heterocycles. The van der Waals surface area contributed by atoms with Crippen LogP contribution in [-0.4, -0.2) is 18.8 Å². The van der Waals surface area contributed by atoms with Crippen molar-refractivity contribution in [2.45, 2.75) is 32.7 Å². The number of rotatable bonds is 3. The van der Waals surface area contributed by atoms with E-state index in [4.69, 9.17) is 4.74 Å². The predicted molar refractivity (Wildman–Crippen MR) is 134 cm³/mol. The predicted octanol–water partition coefficient (Wildman–Crippen LogP) is 6.15. The molecule has 2 aliphatic rings. The molecule has 3 aromatic carbocycles. The van der Waals surface area contributed by atoms with Crippen molar-refractivity contribution in [2.75, 3.05) is 17.3 Å². The molecule has 0 saturated heterocycles. The number of para-hydroxylation sites is 2. The van der Waals surface area contributed by atoms with Crippen LogP contribution in [0.2, 0.25) is 0 Å². The van der Waals surface area contributed by atoms with E-state index in [1.807, 2.05) is 78.9 Å². The molecule has 0 radical (unpaired) electrons. The Morgan fingerprint density at radius 1 is 0.971 bits per heavy atom. The number of ether oxygens (including phenoxy) is 1. The highest BCUT2D eigenvalue weighted by atomic mass is 16.5. The summed E-state index contributed by atoms with van der Waals surface area (Å²) < 4.78 is 5.50. The van der Waals surface area contributed by atoms with Gasteiger partial charge < -0.3 is 10.1 Å². The number of benzene rings is 3. The highest BCUT2D eigenvalue weighted by Gasteiger charge is 2.43. The lowest BCUT2D eigenvalue weighted by atomic mass is 9.73. The number of Topliss-reactive ketones (excluding diaryl/α,β-unsaturated/α-hetero) is 1. The maximum Gasteiger partial charge on any atom is 0.259 e. The molecule has 5 heteroatoms. The molecule has 5 nitrogen and oxygen atoms in total. The van der Waals surface area contributed by atoms with Gasteiger partial charge in [-0.15, -0.1) is 0 Å². The van der Waals surface area contributed by atoms with E-state index in [1.165, 1.54) is 0 Å². The van der Waals surface area contributed by atoms with E-state index in [0.717, 1.165) is 29.1 Å². The molecule has 0 saturated carbocycles. The Morgan fingerprint density at radius 3 is 2.47 bits per heavy atom. The van der Waals surface area contributed by atoms with E-state index in [9.17, 15) is 9.59 Å². The molecule has 172 valence electrons. The summed E-state index contributed by atoms with van der Waals surface area (Å²) in [6, 6.07) is 24.1. The average molecular weight is 453 g/mol. The second-order valence-electron chi connectivity index (χ2n) is 9.70. The summed E-state index contributed by atoms with van der Waals surface area (Å²) in [5.41, 5.74) is 4.31. The molecule has 1 atom stereocenters. The fourth-order valence-corrected chi connectivity index (χ4v) is 5.06. The van der Waals surface area contributed by atoms with Crippen LogP contribution in [-0.2, 0) is 4.79 Å². The SMILES string of the molecule is COc1cccc([C@@H]2C3=C(CC(C)(C)CC3=O)Nc3ccccc3N2C(=O)c2ccccc2)c1. The summed E-state index contributed by atoms with van der Waals surface area (Å²) in [4.78, 5) is 29.6. The zero-order valence-electron chi connectivity index (χ0n) is 19.7. The lowest BCUT2D eigenvalue weighted by Gasteiger charge is -2.37. The highest BCUT2D eigenvalue weighted by Crippen LogP contribution is 2.48. The maximum atomic E-state index is 14.1. The van der Waals surface area contributed by atoms with Crippen molar-refractivity contribution in [1.29, 1.82) is 0 Å². The van der Waals surface area contributed by atoms with Gasteiger partial charge in [0.15, 0.2) is 5.78 Å². The van der Waals surface area contributed by atoms with Crippen LogP contribution in [0.1, 0.15) is 48.7 Å².